The van der Waals surface area contributed by atoms with Crippen molar-refractivity contribution in [3.8, 4) is 0 Å². The summed E-state index contributed by atoms with van der Waals surface area (Å²) in [5.41, 5.74) is 12.8. The minimum absolute atomic E-state index is 0.140. The zero-order chi connectivity index (χ0) is 25.7. The van der Waals surface area contributed by atoms with E-state index in [1.54, 1.807) is 0 Å². The minimum atomic E-state index is 0.140. The third-order valence-electron chi connectivity index (χ3n) is 7.47. The van der Waals surface area contributed by atoms with Crippen molar-refractivity contribution < 1.29 is 0 Å². The van der Waals surface area contributed by atoms with Crippen molar-refractivity contribution in [3.63, 3.8) is 0 Å². The van der Waals surface area contributed by atoms with E-state index in [-0.39, 0.29) is 11.8 Å². The van der Waals surface area contributed by atoms with E-state index < -0.39 is 0 Å². The van der Waals surface area contributed by atoms with Crippen LogP contribution in [0.3, 0.4) is 0 Å². The Kier molecular flexibility index (Phi) is 8.83. The first-order valence-corrected chi connectivity index (χ1v) is 13.2. The third-order valence-corrected chi connectivity index (χ3v) is 7.47. The molecule has 0 aliphatic heterocycles. The molecule has 0 amide bonds. The van der Waals surface area contributed by atoms with E-state index >= 15 is 0 Å². The van der Waals surface area contributed by atoms with Gasteiger partial charge in [-0.3, -0.25) is 5.41 Å². The van der Waals surface area contributed by atoms with Crippen LogP contribution in [-0.4, -0.2) is 11.9 Å². The Hall–Kier alpha value is -3.00. The Morgan fingerprint density at radius 2 is 1.00 bits per heavy atom. The molecule has 0 spiro atoms. The maximum absolute atomic E-state index is 8.81. The van der Waals surface area contributed by atoms with Gasteiger partial charge in [0, 0.05) is 23.6 Å². The molecular weight excluding hydrogens is 424 g/mol. The van der Waals surface area contributed by atoms with Crippen molar-refractivity contribution in [2.75, 3.05) is 0 Å². The SMILES string of the molecule is CCc1cc(CC)cc(C(C)c2cc(C)cc(C(C)c3cc(CC)cc(CC)c3)c2C(=N)C=N)c1. The molecule has 0 aliphatic rings. The van der Waals surface area contributed by atoms with Gasteiger partial charge in [-0.1, -0.05) is 95.6 Å². The van der Waals surface area contributed by atoms with Gasteiger partial charge in [0.25, 0.3) is 0 Å². The van der Waals surface area contributed by atoms with Gasteiger partial charge in [-0.15, -0.1) is 0 Å². The molecule has 0 saturated heterocycles. The topological polar surface area (TPSA) is 47.7 Å². The number of rotatable bonds is 10. The molecule has 3 aromatic rings. The van der Waals surface area contributed by atoms with Crippen LogP contribution in [0.2, 0.25) is 0 Å². The average molecular weight is 467 g/mol. The molecule has 2 heteroatoms. The fourth-order valence-corrected chi connectivity index (χ4v) is 5.17. The molecule has 0 heterocycles. The molecule has 2 atom stereocenters. The molecule has 2 N–H and O–H groups in total. The number of hydrogen-bond donors (Lipinski definition) is 2. The number of aryl methyl sites for hydroxylation is 5. The average Bonchev–Trinajstić information content (AvgIpc) is 2.90. The van der Waals surface area contributed by atoms with Gasteiger partial charge >= 0.3 is 0 Å². The van der Waals surface area contributed by atoms with Gasteiger partial charge in [0.1, 0.15) is 0 Å². The molecule has 2 unspecified atom stereocenters. The molecule has 0 fully saturated rings. The van der Waals surface area contributed by atoms with E-state index in [4.69, 9.17) is 10.8 Å². The molecule has 0 aliphatic carbocycles. The number of nitrogens with one attached hydrogen (secondary N) is 2. The molecule has 0 saturated carbocycles. The van der Waals surface area contributed by atoms with E-state index in [1.807, 2.05) is 0 Å². The number of benzene rings is 3. The Labute approximate surface area is 212 Å². The van der Waals surface area contributed by atoms with E-state index in [2.05, 4.69) is 97.0 Å². The molecule has 3 aromatic carbocycles. The fourth-order valence-electron chi connectivity index (χ4n) is 5.17. The van der Waals surface area contributed by atoms with Crippen molar-refractivity contribution in [1.82, 2.24) is 0 Å². The van der Waals surface area contributed by atoms with Crippen LogP contribution in [-0.2, 0) is 25.7 Å². The van der Waals surface area contributed by atoms with Crippen LogP contribution in [0.4, 0.5) is 0 Å². The standard InChI is InChI=1S/C33H42N2/c1-8-24-14-25(9-2)17-28(16-24)22(6)30-12-21(5)13-31(33(30)32(35)20-34)23(7)29-18-26(10-3)15-27(11-4)19-29/h12-20,22-23,34-35H,8-11H2,1-7H3. The van der Waals surface area contributed by atoms with Crippen LogP contribution in [0.25, 0.3) is 0 Å². The second-order valence-corrected chi connectivity index (χ2v) is 9.90. The molecular formula is C33H42N2. The van der Waals surface area contributed by atoms with Gasteiger partial charge < -0.3 is 5.41 Å². The van der Waals surface area contributed by atoms with E-state index in [9.17, 15) is 0 Å². The largest absolute Gasteiger partial charge is 0.307 e. The van der Waals surface area contributed by atoms with Gasteiger partial charge in [-0.05, 0) is 77.1 Å². The third kappa shape index (κ3) is 5.81. The summed E-state index contributed by atoms with van der Waals surface area (Å²) in [5.74, 6) is 0.280. The van der Waals surface area contributed by atoms with Crippen LogP contribution in [0.15, 0.2) is 48.5 Å². The van der Waals surface area contributed by atoms with Gasteiger partial charge in [-0.25, -0.2) is 0 Å². The Morgan fingerprint density at radius 1 is 0.657 bits per heavy atom. The lowest BCUT2D eigenvalue weighted by Gasteiger charge is -2.25. The molecule has 35 heavy (non-hydrogen) atoms. The summed E-state index contributed by atoms with van der Waals surface area (Å²) < 4.78 is 0. The molecule has 184 valence electrons. The highest BCUT2D eigenvalue weighted by atomic mass is 14.5. The maximum Gasteiger partial charge on any atom is 0.0793 e. The molecule has 0 radical (unpaired) electrons. The molecule has 3 rings (SSSR count). The second kappa shape index (κ2) is 11.6. The highest BCUT2D eigenvalue weighted by Gasteiger charge is 2.23. The lowest BCUT2D eigenvalue weighted by atomic mass is 9.79. The molecule has 0 aromatic heterocycles. The monoisotopic (exact) mass is 466 g/mol. The predicted octanol–water partition coefficient (Wildman–Crippen LogP) is 8.57. The van der Waals surface area contributed by atoms with Crippen LogP contribution < -0.4 is 0 Å². The van der Waals surface area contributed by atoms with Crippen LogP contribution in [0, 0.1) is 17.7 Å². The van der Waals surface area contributed by atoms with E-state index in [1.165, 1.54) is 45.2 Å². The van der Waals surface area contributed by atoms with Crippen molar-refractivity contribution >= 4 is 11.9 Å². The van der Waals surface area contributed by atoms with E-state index in [0.717, 1.165) is 42.4 Å². The quantitative estimate of drug-likeness (QED) is 0.281. The highest BCUT2D eigenvalue weighted by molar-refractivity contribution is 6.36. The predicted molar refractivity (Wildman–Crippen MR) is 152 cm³/mol. The van der Waals surface area contributed by atoms with Crippen LogP contribution in [0.5, 0.6) is 0 Å². The summed E-state index contributed by atoms with van der Waals surface area (Å²) in [6.45, 7) is 15.5. The summed E-state index contributed by atoms with van der Waals surface area (Å²) in [6.07, 6.45) is 5.26. The first-order valence-electron chi connectivity index (χ1n) is 13.2. The Balaban J connectivity index is 2.23. The fraction of sp³-hybridized carbons (Fsp3) is 0.394. The van der Waals surface area contributed by atoms with Crippen molar-refractivity contribution in [2.45, 2.75) is 86.0 Å². The summed E-state index contributed by atoms with van der Waals surface area (Å²) in [5, 5.41) is 16.8. The zero-order valence-electron chi connectivity index (χ0n) is 22.7. The Morgan fingerprint density at radius 3 is 1.29 bits per heavy atom. The first-order chi connectivity index (χ1) is 16.8. The summed E-state index contributed by atoms with van der Waals surface area (Å²) in [6, 6.07) is 18.4. The van der Waals surface area contributed by atoms with Gasteiger partial charge in [0.2, 0.25) is 0 Å². The summed E-state index contributed by atoms with van der Waals surface area (Å²) in [7, 11) is 0. The van der Waals surface area contributed by atoms with Gasteiger partial charge in [0.15, 0.2) is 0 Å². The van der Waals surface area contributed by atoms with Crippen molar-refractivity contribution in [3.05, 3.63) is 104 Å². The van der Waals surface area contributed by atoms with Crippen LogP contribution >= 0.6 is 0 Å². The highest BCUT2D eigenvalue weighted by Crippen LogP contribution is 2.37. The summed E-state index contributed by atoms with van der Waals surface area (Å²) in [4.78, 5) is 0. The maximum atomic E-state index is 8.81. The minimum Gasteiger partial charge on any atom is -0.307 e. The lowest BCUT2D eigenvalue weighted by molar-refractivity contribution is 0.868. The van der Waals surface area contributed by atoms with Crippen molar-refractivity contribution in [1.29, 1.82) is 10.8 Å². The number of hydrogen-bond acceptors (Lipinski definition) is 2. The van der Waals surface area contributed by atoms with Crippen LogP contribution in [0.1, 0.15) is 109 Å². The normalized spacial score (nSPS) is 12.9. The second-order valence-electron chi connectivity index (χ2n) is 9.90. The molecule has 2 nitrogen and oxygen atoms in total. The van der Waals surface area contributed by atoms with Gasteiger partial charge in [-0.2, -0.15) is 0 Å². The van der Waals surface area contributed by atoms with Crippen molar-refractivity contribution in [2.24, 2.45) is 0 Å². The van der Waals surface area contributed by atoms with Gasteiger partial charge in [0.05, 0.1) is 5.71 Å². The summed E-state index contributed by atoms with van der Waals surface area (Å²) >= 11 is 0. The Bertz CT molecular complexity index is 1090. The molecule has 0 bridgehead atoms. The van der Waals surface area contributed by atoms with E-state index in [0.29, 0.717) is 5.71 Å². The smallest absolute Gasteiger partial charge is 0.0793 e. The first kappa shape index (κ1) is 26.6. The lowest BCUT2D eigenvalue weighted by Crippen LogP contribution is -2.15. The zero-order valence-corrected chi connectivity index (χ0v) is 22.7.